The Morgan fingerprint density at radius 1 is 1.47 bits per heavy atom. The third-order valence-electron chi connectivity index (χ3n) is 2.52. The summed E-state index contributed by atoms with van der Waals surface area (Å²) in [5.74, 6) is -0.492. The van der Waals surface area contributed by atoms with Gasteiger partial charge in [-0.3, -0.25) is 9.69 Å². The first-order chi connectivity index (χ1) is 8.81. The second-order valence-corrected chi connectivity index (χ2v) is 4.12. The van der Waals surface area contributed by atoms with E-state index in [4.69, 9.17) is 9.84 Å². The van der Waals surface area contributed by atoms with Crippen molar-refractivity contribution >= 4 is 5.91 Å². The number of rotatable bonds is 9. The van der Waals surface area contributed by atoms with Crippen LogP contribution in [0.1, 0.15) is 13.3 Å². The molecule has 0 rings (SSSR count). The SMILES string of the molecule is COCCCNC(=O)C(C)N(CCO)CC(F)(F)F. The maximum atomic E-state index is 12.3. The van der Waals surface area contributed by atoms with Crippen LogP contribution in [-0.4, -0.2) is 68.1 Å². The maximum absolute atomic E-state index is 12.3. The number of hydrogen-bond acceptors (Lipinski definition) is 4. The molecule has 1 amide bonds. The van der Waals surface area contributed by atoms with Crippen LogP contribution in [0.15, 0.2) is 0 Å². The van der Waals surface area contributed by atoms with Crippen molar-refractivity contribution in [1.29, 1.82) is 0 Å². The molecule has 114 valence electrons. The molecule has 5 nitrogen and oxygen atoms in total. The van der Waals surface area contributed by atoms with Gasteiger partial charge in [0.2, 0.25) is 5.91 Å². The molecule has 1 unspecified atom stereocenters. The standard InChI is InChI=1S/C11H21F3N2O3/c1-9(10(18)15-4-3-7-19-2)16(5-6-17)8-11(12,13)14/h9,17H,3-8H2,1-2H3,(H,15,18). The third-order valence-corrected chi connectivity index (χ3v) is 2.52. The number of hydrogen-bond donors (Lipinski definition) is 2. The highest BCUT2D eigenvalue weighted by atomic mass is 19.4. The Labute approximate surface area is 110 Å². The summed E-state index contributed by atoms with van der Waals surface area (Å²) in [6.07, 6.45) is -3.81. The minimum atomic E-state index is -4.40. The number of ether oxygens (including phenoxy) is 1. The van der Waals surface area contributed by atoms with E-state index in [9.17, 15) is 18.0 Å². The summed E-state index contributed by atoms with van der Waals surface area (Å²) in [6, 6.07) is -0.948. The fraction of sp³-hybridized carbons (Fsp3) is 0.909. The zero-order chi connectivity index (χ0) is 14.9. The average Bonchev–Trinajstić information content (AvgIpc) is 2.31. The summed E-state index contributed by atoms with van der Waals surface area (Å²) in [6.45, 7) is 0.338. The number of aliphatic hydroxyl groups is 1. The van der Waals surface area contributed by atoms with Crippen molar-refractivity contribution < 1.29 is 27.8 Å². The largest absolute Gasteiger partial charge is 0.401 e. The predicted molar refractivity (Wildman–Crippen MR) is 63.7 cm³/mol. The fourth-order valence-corrected chi connectivity index (χ4v) is 1.51. The first kappa shape index (κ1) is 18.1. The minimum Gasteiger partial charge on any atom is -0.395 e. The molecule has 1 atom stereocenters. The van der Waals surface area contributed by atoms with E-state index in [0.29, 0.717) is 19.6 Å². The van der Waals surface area contributed by atoms with E-state index in [1.165, 1.54) is 14.0 Å². The number of alkyl halides is 3. The number of amides is 1. The molecule has 0 aliphatic heterocycles. The molecule has 19 heavy (non-hydrogen) atoms. The van der Waals surface area contributed by atoms with Crippen LogP contribution in [0.5, 0.6) is 0 Å². The zero-order valence-corrected chi connectivity index (χ0v) is 11.2. The second kappa shape index (κ2) is 9.11. The lowest BCUT2D eigenvalue weighted by Crippen LogP contribution is -2.49. The summed E-state index contributed by atoms with van der Waals surface area (Å²) in [7, 11) is 1.52. The Morgan fingerprint density at radius 3 is 2.58 bits per heavy atom. The van der Waals surface area contributed by atoms with Crippen molar-refractivity contribution in [1.82, 2.24) is 10.2 Å². The van der Waals surface area contributed by atoms with Crippen molar-refractivity contribution in [2.45, 2.75) is 25.6 Å². The van der Waals surface area contributed by atoms with Crippen molar-refractivity contribution in [3.05, 3.63) is 0 Å². The minimum absolute atomic E-state index is 0.202. The molecule has 8 heteroatoms. The highest BCUT2D eigenvalue weighted by molar-refractivity contribution is 5.81. The molecule has 0 aromatic heterocycles. The van der Waals surface area contributed by atoms with Gasteiger partial charge in [-0.15, -0.1) is 0 Å². The lowest BCUT2D eigenvalue weighted by Gasteiger charge is -2.28. The molecule has 0 aromatic carbocycles. The first-order valence-corrected chi connectivity index (χ1v) is 6.00. The summed E-state index contributed by atoms with van der Waals surface area (Å²) >= 11 is 0. The van der Waals surface area contributed by atoms with E-state index >= 15 is 0 Å². The maximum Gasteiger partial charge on any atom is 0.401 e. The van der Waals surface area contributed by atoms with Crippen LogP contribution in [-0.2, 0) is 9.53 Å². The molecular weight excluding hydrogens is 265 g/mol. The van der Waals surface area contributed by atoms with Gasteiger partial charge in [0.05, 0.1) is 19.2 Å². The number of aliphatic hydroxyl groups excluding tert-OH is 1. The molecule has 0 aliphatic rings. The van der Waals surface area contributed by atoms with E-state index in [0.717, 1.165) is 4.90 Å². The topological polar surface area (TPSA) is 61.8 Å². The van der Waals surface area contributed by atoms with Gasteiger partial charge in [0.1, 0.15) is 0 Å². The van der Waals surface area contributed by atoms with Crippen LogP contribution in [0.4, 0.5) is 13.2 Å². The molecule has 0 heterocycles. The van der Waals surface area contributed by atoms with E-state index < -0.39 is 31.3 Å². The number of methoxy groups -OCH3 is 1. The van der Waals surface area contributed by atoms with Crippen molar-refractivity contribution in [2.24, 2.45) is 0 Å². The highest BCUT2D eigenvalue weighted by Gasteiger charge is 2.34. The van der Waals surface area contributed by atoms with Gasteiger partial charge in [0, 0.05) is 26.8 Å². The lowest BCUT2D eigenvalue weighted by atomic mass is 10.2. The Bertz CT molecular complexity index is 262. The Kier molecular flexibility index (Phi) is 8.70. The third kappa shape index (κ3) is 8.79. The smallest absolute Gasteiger partial charge is 0.395 e. The van der Waals surface area contributed by atoms with Gasteiger partial charge < -0.3 is 15.2 Å². The van der Waals surface area contributed by atoms with Gasteiger partial charge in [0.25, 0.3) is 0 Å². The number of nitrogens with zero attached hydrogens (tertiary/aromatic N) is 1. The van der Waals surface area contributed by atoms with Gasteiger partial charge in [-0.1, -0.05) is 0 Å². The Balaban J connectivity index is 4.28. The average molecular weight is 286 g/mol. The normalized spacial score (nSPS) is 13.6. The molecule has 0 aromatic rings. The fourth-order valence-electron chi connectivity index (χ4n) is 1.51. The van der Waals surface area contributed by atoms with Gasteiger partial charge in [-0.25, -0.2) is 0 Å². The molecule has 2 N–H and O–H groups in total. The summed E-state index contributed by atoms with van der Waals surface area (Å²) < 4.78 is 41.8. The van der Waals surface area contributed by atoms with Crippen LogP contribution in [0.3, 0.4) is 0 Å². The molecule has 0 fully saturated rings. The van der Waals surface area contributed by atoms with Gasteiger partial charge in [-0.2, -0.15) is 13.2 Å². The first-order valence-electron chi connectivity index (χ1n) is 6.00. The van der Waals surface area contributed by atoms with Crippen LogP contribution in [0.25, 0.3) is 0 Å². The van der Waals surface area contributed by atoms with Gasteiger partial charge in [0.15, 0.2) is 0 Å². The van der Waals surface area contributed by atoms with Crippen LogP contribution < -0.4 is 5.32 Å². The number of carbonyl (C=O) groups excluding carboxylic acids is 1. The van der Waals surface area contributed by atoms with Crippen LogP contribution in [0, 0.1) is 0 Å². The molecule has 0 saturated heterocycles. The Hall–Kier alpha value is -0.860. The zero-order valence-electron chi connectivity index (χ0n) is 11.2. The summed E-state index contributed by atoms with van der Waals surface area (Å²) in [4.78, 5) is 12.6. The predicted octanol–water partition coefficient (Wildman–Crippen LogP) is 0.384. The number of halogens is 3. The molecule has 0 bridgehead atoms. The van der Waals surface area contributed by atoms with E-state index in [1.807, 2.05) is 0 Å². The molecule has 0 radical (unpaired) electrons. The van der Waals surface area contributed by atoms with Crippen molar-refractivity contribution in [2.75, 3.05) is 40.0 Å². The van der Waals surface area contributed by atoms with Crippen LogP contribution >= 0.6 is 0 Å². The monoisotopic (exact) mass is 286 g/mol. The molecular formula is C11H21F3N2O3. The van der Waals surface area contributed by atoms with Crippen molar-refractivity contribution in [3.63, 3.8) is 0 Å². The van der Waals surface area contributed by atoms with E-state index in [2.05, 4.69) is 5.32 Å². The Morgan fingerprint density at radius 2 is 2.11 bits per heavy atom. The molecule has 0 saturated carbocycles. The number of nitrogens with one attached hydrogen (secondary N) is 1. The van der Waals surface area contributed by atoms with Gasteiger partial charge >= 0.3 is 6.18 Å². The quantitative estimate of drug-likeness (QED) is 0.602. The summed E-state index contributed by atoms with van der Waals surface area (Å²) in [5.41, 5.74) is 0. The van der Waals surface area contributed by atoms with E-state index in [-0.39, 0.29) is 6.54 Å². The van der Waals surface area contributed by atoms with Crippen LogP contribution in [0.2, 0.25) is 0 Å². The second-order valence-electron chi connectivity index (χ2n) is 4.12. The lowest BCUT2D eigenvalue weighted by molar-refractivity contribution is -0.155. The van der Waals surface area contributed by atoms with Gasteiger partial charge in [-0.05, 0) is 13.3 Å². The molecule has 0 aliphatic carbocycles. The van der Waals surface area contributed by atoms with E-state index in [1.54, 1.807) is 0 Å². The van der Waals surface area contributed by atoms with Crippen molar-refractivity contribution in [3.8, 4) is 0 Å². The number of carbonyl (C=O) groups is 1. The summed E-state index contributed by atoms with van der Waals surface area (Å²) in [5, 5.41) is 11.3. The highest BCUT2D eigenvalue weighted by Crippen LogP contribution is 2.17. The molecule has 0 spiro atoms.